The third kappa shape index (κ3) is 9.48. The van der Waals surface area contributed by atoms with Crippen molar-refractivity contribution in [1.29, 1.82) is 0 Å². The molecule has 0 spiro atoms. The van der Waals surface area contributed by atoms with E-state index in [-0.39, 0.29) is 60.1 Å². The van der Waals surface area contributed by atoms with Gasteiger partial charge in [-0.05, 0) is 54.4 Å². The van der Waals surface area contributed by atoms with E-state index in [1.807, 2.05) is 0 Å². The molecule has 17 heteroatoms. The largest absolute Gasteiger partial charge is 0.496 e. The van der Waals surface area contributed by atoms with Gasteiger partial charge in [0.15, 0.2) is 17.3 Å². The number of carbonyl (C=O) groups excluding carboxylic acids is 2. The molecule has 1 fully saturated rings. The zero-order chi connectivity index (χ0) is 35.3. The van der Waals surface area contributed by atoms with Gasteiger partial charge in [0.2, 0.25) is 11.7 Å². The van der Waals surface area contributed by atoms with Gasteiger partial charge >= 0.3 is 6.09 Å². The van der Waals surface area contributed by atoms with Crippen LogP contribution in [0.5, 0.6) is 28.9 Å². The summed E-state index contributed by atoms with van der Waals surface area (Å²) in [5.41, 5.74) is 0.529. The number of aromatic nitrogens is 3. The molecule has 16 nitrogen and oxygen atoms in total. The lowest BCUT2D eigenvalue weighted by Gasteiger charge is -2.27. The normalized spacial score (nSPS) is 12.8. The molecule has 5 rings (SSSR count). The molecule has 0 bridgehead atoms. The number of ether oxygens (including phenoxy) is 6. The minimum absolute atomic E-state index is 0.0624. The zero-order valence-corrected chi connectivity index (χ0v) is 28.2. The Morgan fingerprint density at radius 2 is 1.66 bits per heavy atom. The molecule has 0 aliphatic carbocycles. The van der Waals surface area contributed by atoms with E-state index in [2.05, 4.69) is 25.0 Å². The van der Waals surface area contributed by atoms with Crippen LogP contribution in [0.1, 0.15) is 12.0 Å². The molecule has 50 heavy (non-hydrogen) atoms. The van der Waals surface area contributed by atoms with E-state index in [4.69, 9.17) is 28.4 Å². The molecule has 0 saturated carbocycles. The number of morpholine rings is 1. The Morgan fingerprint density at radius 1 is 0.900 bits per heavy atom. The molecule has 2 aromatic carbocycles. The van der Waals surface area contributed by atoms with Crippen LogP contribution in [0.2, 0.25) is 0 Å². The summed E-state index contributed by atoms with van der Waals surface area (Å²) in [6, 6.07) is 16.0. The summed E-state index contributed by atoms with van der Waals surface area (Å²) in [6.45, 7) is 1.60. The van der Waals surface area contributed by atoms with E-state index >= 15 is 0 Å². The van der Waals surface area contributed by atoms with Crippen LogP contribution < -0.4 is 29.0 Å². The first kappa shape index (κ1) is 35.6. The van der Waals surface area contributed by atoms with Crippen molar-refractivity contribution in [3.05, 3.63) is 78.8 Å². The molecule has 2 aromatic heterocycles. The van der Waals surface area contributed by atoms with Gasteiger partial charge in [0.25, 0.3) is 15.9 Å². The first-order valence-electron chi connectivity index (χ1n) is 15.5. The van der Waals surface area contributed by atoms with E-state index in [0.29, 0.717) is 49.2 Å². The lowest BCUT2D eigenvalue weighted by Crippen LogP contribution is -2.40. The van der Waals surface area contributed by atoms with Gasteiger partial charge < -0.3 is 33.3 Å². The predicted molar refractivity (Wildman–Crippen MR) is 179 cm³/mol. The lowest BCUT2D eigenvalue weighted by atomic mass is 10.1. The highest BCUT2D eigenvalue weighted by molar-refractivity contribution is 7.92. The Bertz CT molecular complexity index is 1870. The molecule has 0 unspecified atom stereocenters. The fourth-order valence-electron chi connectivity index (χ4n) is 4.80. The maximum Gasteiger partial charge on any atom is 0.412 e. The maximum atomic E-state index is 13.8. The van der Waals surface area contributed by atoms with E-state index in [1.54, 1.807) is 47.4 Å². The fourth-order valence-corrected chi connectivity index (χ4v) is 5.87. The average Bonchev–Trinajstić information content (AvgIpc) is 3.14. The number of hydrogen-bond donors (Lipinski definition) is 2. The Morgan fingerprint density at radius 3 is 2.40 bits per heavy atom. The summed E-state index contributed by atoms with van der Waals surface area (Å²) in [7, 11) is -1.37. The van der Waals surface area contributed by atoms with Crippen LogP contribution in [-0.2, 0) is 30.7 Å². The van der Waals surface area contributed by atoms with E-state index in [0.717, 1.165) is 6.33 Å². The van der Waals surface area contributed by atoms with Gasteiger partial charge in [0.05, 0.1) is 32.3 Å². The van der Waals surface area contributed by atoms with Crippen LogP contribution in [0.4, 0.5) is 16.4 Å². The van der Waals surface area contributed by atoms with Gasteiger partial charge in [-0.15, -0.1) is 0 Å². The van der Waals surface area contributed by atoms with Crippen LogP contribution in [-0.4, -0.2) is 94.0 Å². The number of amides is 2. The smallest absolute Gasteiger partial charge is 0.412 e. The number of pyridine rings is 1. The Kier molecular flexibility index (Phi) is 12.2. The highest BCUT2D eigenvalue weighted by Crippen LogP contribution is 2.40. The van der Waals surface area contributed by atoms with Crippen LogP contribution in [0, 0.1) is 0 Å². The first-order chi connectivity index (χ1) is 24.3. The fraction of sp³-hybridized carbons (Fsp3) is 0.303. The third-order valence-electron chi connectivity index (χ3n) is 7.27. The van der Waals surface area contributed by atoms with Crippen molar-refractivity contribution in [2.24, 2.45) is 0 Å². The Hall–Kier alpha value is -5.68. The zero-order valence-electron chi connectivity index (χ0n) is 27.4. The number of benzene rings is 2. The van der Waals surface area contributed by atoms with Gasteiger partial charge in [0.1, 0.15) is 31.1 Å². The van der Waals surface area contributed by atoms with Crippen LogP contribution >= 0.6 is 0 Å². The lowest BCUT2D eigenvalue weighted by molar-refractivity contribution is -0.135. The molecule has 4 aromatic rings. The van der Waals surface area contributed by atoms with E-state index < -0.39 is 16.1 Å². The second kappa shape index (κ2) is 17.1. The minimum atomic E-state index is -4.29. The average molecular weight is 709 g/mol. The second-order valence-electron chi connectivity index (χ2n) is 10.5. The van der Waals surface area contributed by atoms with Crippen LogP contribution in [0.3, 0.4) is 0 Å². The molecule has 0 atom stereocenters. The summed E-state index contributed by atoms with van der Waals surface area (Å²) >= 11 is 0. The molecule has 1 aliphatic heterocycles. The van der Waals surface area contributed by atoms with E-state index in [1.165, 1.54) is 38.6 Å². The molecule has 0 radical (unpaired) electrons. The molecule has 1 aliphatic rings. The molecule has 1 saturated heterocycles. The number of anilines is 2. The SMILES string of the molecule is COc1ccc(S(=O)(=O)Nc2ncnc(OCCOC(=O)Nc3ccccn3)c2Oc2ccccc2OC)cc1CCC(=O)N1CCOCC1. The third-order valence-corrected chi connectivity index (χ3v) is 8.60. The standard InChI is InChI=1S/C33H36N6O10S/c1-44-25-12-11-24(21-23(25)10-13-29(40)39-15-17-46-18-16-39)50(42,43)38-31-30(49-27-8-4-3-7-26(27)45-2)32(36-22-35-31)47-19-20-48-33(41)37-28-9-5-6-14-34-28/h3-9,11-12,14,21-22H,10,13,15-20H2,1-2H3,(H,34,37,41)(H,35,36,38). The van der Waals surface area contributed by atoms with Crippen molar-refractivity contribution in [3.8, 4) is 28.9 Å². The molecular weight excluding hydrogens is 672 g/mol. The van der Waals surface area contributed by atoms with Crippen molar-refractivity contribution in [3.63, 3.8) is 0 Å². The summed E-state index contributed by atoms with van der Waals surface area (Å²) in [4.78, 5) is 38.8. The number of hydrogen-bond acceptors (Lipinski definition) is 13. The van der Waals surface area contributed by atoms with Crippen molar-refractivity contribution in [1.82, 2.24) is 19.9 Å². The number of aryl methyl sites for hydroxylation is 1. The Labute approximate surface area is 288 Å². The monoisotopic (exact) mass is 708 g/mol. The number of nitrogens with one attached hydrogen (secondary N) is 2. The quantitative estimate of drug-likeness (QED) is 0.169. The maximum absolute atomic E-state index is 13.8. The van der Waals surface area contributed by atoms with Crippen LogP contribution in [0.15, 0.2) is 78.1 Å². The van der Waals surface area contributed by atoms with Crippen molar-refractivity contribution in [2.45, 2.75) is 17.7 Å². The number of sulfonamides is 1. The van der Waals surface area contributed by atoms with Gasteiger partial charge in [-0.25, -0.2) is 23.2 Å². The van der Waals surface area contributed by atoms with Gasteiger partial charge in [-0.3, -0.25) is 14.8 Å². The molecular formula is C33H36N6O10S. The van der Waals surface area contributed by atoms with Gasteiger partial charge in [-0.1, -0.05) is 18.2 Å². The van der Waals surface area contributed by atoms with Crippen LogP contribution in [0.25, 0.3) is 0 Å². The summed E-state index contributed by atoms with van der Waals surface area (Å²) in [6.07, 6.45) is 2.27. The highest BCUT2D eigenvalue weighted by atomic mass is 32.2. The summed E-state index contributed by atoms with van der Waals surface area (Å²) in [5.74, 6) is 0.687. The van der Waals surface area contributed by atoms with E-state index in [9.17, 15) is 18.0 Å². The molecule has 264 valence electrons. The highest BCUT2D eigenvalue weighted by Gasteiger charge is 2.25. The number of methoxy groups -OCH3 is 2. The molecule has 2 amide bonds. The van der Waals surface area contributed by atoms with Gasteiger partial charge in [0, 0.05) is 25.7 Å². The summed E-state index contributed by atoms with van der Waals surface area (Å²) < 4.78 is 63.2. The minimum Gasteiger partial charge on any atom is -0.496 e. The van der Waals surface area contributed by atoms with Crippen molar-refractivity contribution >= 4 is 33.7 Å². The topological polar surface area (TPSA) is 190 Å². The number of para-hydroxylation sites is 2. The van der Waals surface area contributed by atoms with Gasteiger partial charge in [-0.2, -0.15) is 4.98 Å². The second-order valence-corrected chi connectivity index (χ2v) is 12.2. The number of rotatable bonds is 15. The molecule has 3 heterocycles. The predicted octanol–water partition coefficient (Wildman–Crippen LogP) is 3.90. The van der Waals surface area contributed by atoms with Crippen molar-refractivity contribution < 1.29 is 46.4 Å². The summed E-state index contributed by atoms with van der Waals surface area (Å²) in [5, 5.41) is 2.49. The number of carbonyl (C=O) groups is 2. The first-order valence-corrected chi connectivity index (χ1v) is 16.9. The van der Waals surface area contributed by atoms with Crippen molar-refractivity contribution in [2.75, 3.05) is 63.8 Å². The number of nitrogens with zero attached hydrogens (tertiary/aromatic N) is 4. The Balaban J connectivity index is 1.34. The molecule has 2 N–H and O–H groups in total.